The van der Waals surface area contributed by atoms with Crippen LogP contribution in [0.1, 0.15) is 25.8 Å². The molecule has 0 aliphatic rings. The van der Waals surface area contributed by atoms with E-state index in [2.05, 4.69) is 13.8 Å². The van der Waals surface area contributed by atoms with E-state index in [1.165, 1.54) is 0 Å². The third-order valence-electron chi connectivity index (χ3n) is 2.37. The first-order chi connectivity index (χ1) is 8.65. The second-order valence-corrected chi connectivity index (χ2v) is 4.39. The van der Waals surface area contributed by atoms with Gasteiger partial charge in [0.1, 0.15) is 23.5 Å². The average Bonchev–Trinajstić information content (AvgIpc) is 2.36. The quantitative estimate of drug-likeness (QED) is 0.739. The van der Waals surface area contributed by atoms with Gasteiger partial charge in [-0.25, -0.2) is 0 Å². The van der Waals surface area contributed by atoms with Gasteiger partial charge in [-0.1, -0.05) is 26.0 Å². The first-order valence-electron chi connectivity index (χ1n) is 5.90. The van der Waals surface area contributed by atoms with Crippen LogP contribution in [0.4, 0.5) is 0 Å². The van der Waals surface area contributed by atoms with E-state index >= 15 is 0 Å². The molecule has 0 aliphatic heterocycles. The summed E-state index contributed by atoms with van der Waals surface area (Å²) in [7, 11) is 0. The van der Waals surface area contributed by atoms with E-state index < -0.39 is 0 Å². The zero-order chi connectivity index (χ0) is 13.4. The van der Waals surface area contributed by atoms with Gasteiger partial charge in [-0.05, 0) is 36.1 Å². The molecule has 0 atom stereocenters. The number of hydrogen-bond acceptors (Lipinski definition) is 3. The molecule has 0 unspecified atom stereocenters. The SMILES string of the molecule is CC(C)CCOc1cccc(C=C(C#N)C#N)c1. The predicted molar refractivity (Wildman–Crippen MR) is 70.6 cm³/mol. The fourth-order valence-electron chi connectivity index (χ4n) is 1.36. The molecule has 1 aromatic carbocycles. The standard InChI is InChI=1S/C15H16N2O/c1-12(2)6-7-18-15-5-3-4-13(9-15)8-14(10-16)11-17/h3-5,8-9,12H,6-7H2,1-2H3. The van der Waals surface area contributed by atoms with Crippen LogP contribution in [0.25, 0.3) is 6.08 Å². The van der Waals surface area contributed by atoms with Gasteiger partial charge in [0.2, 0.25) is 0 Å². The highest BCUT2D eigenvalue weighted by molar-refractivity contribution is 5.62. The normalized spacial score (nSPS) is 9.39. The minimum absolute atomic E-state index is 0.0920. The van der Waals surface area contributed by atoms with Gasteiger partial charge < -0.3 is 4.74 Å². The Hall–Kier alpha value is -2.26. The lowest BCUT2D eigenvalue weighted by molar-refractivity contribution is 0.289. The Bertz CT molecular complexity index is 488. The Morgan fingerprint density at radius 1 is 1.33 bits per heavy atom. The van der Waals surface area contributed by atoms with Gasteiger partial charge in [0, 0.05) is 0 Å². The van der Waals surface area contributed by atoms with Gasteiger partial charge in [-0.15, -0.1) is 0 Å². The first kappa shape index (κ1) is 13.8. The largest absolute Gasteiger partial charge is 0.494 e. The number of ether oxygens (including phenoxy) is 1. The van der Waals surface area contributed by atoms with Crippen molar-refractivity contribution in [3.63, 3.8) is 0 Å². The molecule has 0 saturated heterocycles. The lowest BCUT2D eigenvalue weighted by atomic mass is 10.1. The van der Waals surface area contributed by atoms with Crippen LogP contribution < -0.4 is 4.74 Å². The monoisotopic (exact) mass is 240 g/mol. The van der Waals surface area contributed by atoms with E-state index in [0.29, 0.717) is 12.5 Å². The summed E-state index contributed by atoms with van der Waals surface area (Å²) in [6.45, 7) is 4.97. The van der Waals surface area contributed by atoms with E-state index in [4.69, 9.17) is 15.3 Å². The van der Waals surface area contributed by atoms with Crippen LogP contribution in [0.15, 0.2) is 29.8 Å². The van der Waals surface area contributed by atoms with Crippen LogP contribution in [0.5, 0.6) is 5.75 Å². The first-order valence-corrected chi connectivity index (χ1v) is 5.90. The third-order valence-corrected chi connectivity index (χ3v) is 2.37. The van der Waals surface area contributed by atoms with Gasteiger partial charge in [0.05, 0.1) is 6.61 Å². The second-order valence-electron chi connectivity index (χ2n) is 4.39. The molecule has 0 heterocycles. The Labute approximate surface area is 108 Å². The molecule has 0 bridgehead atoms. The van der Waals surface area contributed by atoms with Crippen molar-refractivity contribution in [3.8, 4) is 17.9 Å². The van der Waals surface area contributed by atoms with Gasteiger partial charge in [0.25, 0.3) is 0 Å². The summed E-state index contributed by atoms with van der Waals surface area (Å²) in [5, 5.41) is 17.4. The fourth-order valence-corrected chi connectivity index (χ4v) is 1.36. The van der Waals surface area contributed by atoms with Crippen LogP contribution in [0.2, 0.25) is 0 Å². The number of hydrogen-bond donors (Lipinski definition) is 0. The lowest BCUT2D eigenvalue weighted by Gasteiger charge is -2.08. The van der Waals surface area contributed by atoms with Crippen molar-refractivity contribution in [2.75, 3.05) is 6.61 Å². The predicted octanol–water partition coefficient (Wildman–Crippen LogP) is 3.54. The Morgan fingerprint density at radius 2 is 2.06 bits per heavy atom. The van der Waals surface area contributed by atoms with Gasteiger partial charge in [-0.3, -0.25) is 0 Å². The van der Waals surface area contributed by atoms with E-state index in [9.17, 15) is 0 Å². The molecule has 0 N–H and O–H groups in total. The third kappa shape index (κ3) is 4.72. The molecule has 0 fully saturated rings. The second kappa shape index (κ2) is 7.14. The molecular formula is C15H16N2O. The number of rotatable bonds is 5. The van der Waals surface area contributed by atoms with Gasteiger partial charge in [0.15, 0.2) is 0 Å². The molecule has 18 heavy (non-hydrogen) atoms. The minimum Gasteiger partial charge on any atom is -0.494 e. The summed E-state index contributed by atoms with van der Waals surface area (Å²) < 4.78 is 5.61. The highest BCUT2D eigenvalue weighted by Gasteiger charge is 1.99. The van der Waals surface area contributed by atoms with Gasteiger partial charge in [-0.2, -0.15) is 10.5 Å². The molecule has 1 aromatic rings. The Morgan fingerprint density at radius 3 is 2.67 bits per heavy atom. The summed E-state index contributed by atoms with van der Waals surface area (Å²) in [4.78, 5) is 0. The van der Waals surface area contributed by atoms with Crippen LogP contribution in [-0.4, -0.2) is 6.61 Å². The summed E-state index contributed by atoms with van der Waals surface area (Å²) >= 11 is 0. The van der Waals surface area contributed by atoms with Crippen LogP contribution in [0.3, 0.4) is 0 Å². The fraction of sp³-hybridized carbons (Fsp3) is 0.333. The van der Waals surface area contributed by atoms with Crippen molar-refractivity contribution < 1.29 is 4.74 Å². The lowest BCUT2D eigenvalue weighted by Crippen LogP contribution is -2.01. The molecule has 0 amide bonds. The summed E-state index contributed by atoms with van der Waals surface area (Å²) in [5.74, 6) is 1.37. The Kier molecular flexibility index (Phi) is 5.48. The maximum atomic E-state index is 8.69. The van der Waals surface area contributed by atoms with E-state index in [-0.39, 0.29) is 5.57 Å². The molecule has 0 radical (unpaired) electrons. The highest BCUT2D eigenvalue weighted by atomic mass is 16.5. The smallest absolute Gasteiger partial charge is 0.130 e. The van der Waals surface area contributed by atoms with Crippen molar-refractivity contribution in [1.29, 1.82) is 10.5 Å². The number of nitriles is 2. The van der Waals surface area contributed by atoms with Crippen molar-refractivity contribution >= 4 is 6.08 Å². The van der Waals surface area contributed by atoms with E-state index in [1.54, 1.807) is 6.08 Å². The molecule has 92 valence electrons. The maximum Gasteiger partial charge on any atom is 0.130 e. The highest BCUT2D eigenvalue weighted by Crippen LogP contribution is 2.16. The molecule has 3 nitrogen and oxygen atoms in total. The summed E-state index contributed by atoms with van der Waals surface area (Å²) in [5.41, 5.74) is 0.893. The number of benzene rings is 1. The van der Waals surface area contributed by atoms with Crippen LogP contribution in [-0.2, 0) is 0 Å². The van der Waals surface area contributed by atoms with E-state index in [0.717, 1.165) is 17.7 Å². The molecule has 0 saturated carbocycles. The average molecular weight is 240 g/mol. The van der Waals surface area contributed by atoms with Crippen molar-refractivity contribution in [2.24, 2.45) is 5.92 Å². The van der Waals surface area contributed by atoms with Crippen molar-refractivity contribution in [1.82, 2.24) is 0 Å². The van der Waals surface area contributed by atoms with Crippen LogP contribution in [0, 0.1) is 28.6 Å². The zero-order valence-corrected chi connectivity index (χ0v) is 10.7. The molecule has 3 heteroatoms. The molecular weight excluding hydrogens is 224 g/mol. The van der Waals surface area contributed by atoms with Crippen molar-refractivity contribution in [3.05, 3.63) is 35.4 Å². The summed E-state index contributed by atoms with van der Waals surface area (Å²) in [6.07, 6.45) is 2.55. The zero-order valence-electron chi connectivity index (χ0n) is 10.7. The molecule has 0 spiro atoms. The topological polar surface area (TPSA) is 56.8 Å². The number of allylic oxidation sites excluding steroid dienone is 1. The summed E-state index contributed by atoms with van der Waals surface area (Å²) in [6, 6.07) is 11.1. The molecule has 1 rings (SSSR count). The van der Waals surface area contributed by atoms with Crippen molar-refractivity contribution in [2.45, 2.75) is 20.3 Å². The number of nitrogens with zero attached hydrogens (tertiary/aromatic N) is 2. The molecule has 0 aromatic heterocycles. The molecule has 0 aliphatic carbocycles. The van der Waals surface area contributed by atoms with E-state index in [1.807, 2.05) is 36.4 Å². The maximum absolute atomic E-state index is 8.69. The van der Waals surface area contributed by atoms with Gasteiger partial charge >= 0.3 is 0 Å². The minimum atomic E-state index is 0.0920. The Balaban J connectivity index is 2.72. The van der Waals surface area contributed by atoms with Crippen LogP contribution >= 0.6 is 0 Å².